The predicted octanol–water partition coefficient (Wildman–Crippen LogP) is 3.00. The molecule has 0 aromatic carbocycles. The maximum Gasteiger partial charge on any atom is 0.183 e. The summed E-state index contributed by atoms with van der Waals surface area (Å²) >= 11 is 3.38. The maximum atomic E-state index is 12.3. The standard InChI is InChI=1S/C13H22BrN3O/c1-5-6-17-12(9(14)8-16-17)10(18)7-11(15)13(2,3)4/h8,11H,5-7,15H2,1-4H3. The lowest BCUT2D eigenvalue weighted by molar-refractivity contribution is 0.0941. The molecular weight excluding hydrogens is 294 g/mol. The van der Waals surface area contributed by atoms with Gasteiger partial charge in [-0.15, -0.1) is 0 Å². The first-order chi connectivity index (χ1) is 8.27. The molecule has 1 aromatic rings. The van der Waals surface area contributed by atoms with Gasteiger partial charge in [-0.1, -0.05) is 27.7 Å². The van der Waals surface area contributed by atoms with Crippen LogP contribution >= 0.6 is 15.9 Å². The van der Waals surface area contributed by atoms with E-state index in [4.69, 9.17) is 5.73 Å². The van der Waals surface area contributed by atoms with E-state index in [1.165, 1.54) is 0 Å². The number of halogens is 1. The number of rotatable bonds is 5. The minimum absolute atomic E-state index is 0.0512. The Hall–Kier alpha value is -0.680. The summed E-state index contributed by atoms with van der Waals surface area (Å²) in [6, 6.07) is -0.151. The van der Waals surface area contributed by atoms with E-state index < -0.39 is 0 Å². The van der Waals surface area contributed by atoms with Crippen molar-refractivity contribution in [2.45, 2.75) is 53.1 Å². The van der Waals surface area contributed by atoms with Crippen molar-refractivity contribution in [2.24, 2.45) is 11.1 Å². The molecule has 0 amide bonds. The molecule has 0 aliphatic rings. The highest BCUT2D eigenvalue weighted by atomic mass is 79.9. The lowest BCUT2D eigenvalue weighted by Gasteiger charge is -2.26. The first-order valence-corrected chi connectivity index (χ1v) is 7.06. The van der Waals surface area contributed by atoms with Crippen molar-refractivity contribution < 1.29 is 4.79 Å². The highest BCUT2D eigenvalue weighted by molar-refractivity contribution is 9.10. The molecule has 5 heteroatoms. The largest absolute Gasteiger partial charge is 0.327 e. The topological polar surface area (TPSA) is 60.9 Å². The smallest absolute Gasteiger partial charge is 0.183 e. The SMILES string of the molecule is CCCn1ncc(Br)c1C(=O)CC(N)C(C)(C)C. The number of nitrogens with zero attached hydrogens (tertiary/aromatic N) is 2. The third-order valence-electron chi connectivity index (χ3n) is 3.01. The molecule has 102 valence electrons. The van der Waals surface area contributed by atoms with Crippen molar-refractivity contribution in [3.63, 3.8) is 0 Å². The highest BCUT2D eigenvalue weighted by Gasteiger charge is 2.26. The molecule has 1 unspecified atom stereocenters. The van der Waals surface area contributed by atoms with Crippen LogP contribution < -0.4 is 5.73 Å². The molecule has 2 N–H and O–H groups in total. The Morgan fingerprint density at radius 1 is 1.56 bits per heavy atom. The summed E-state index contributed by atoms with van der Waals surface area (Å²) in [5, 5.41) is 4.20. The Kier molecular flexibility index (Phi) is 5.10. The Labute approximate surface area is 117 Å². The molecule has 1 rings (SSSR count). The van der Waals surface area contributed by atoms with Crippen molar-refractivity contribution >= 4 is 21.7 Å². The van der Waals surface area contributed by atoms with Gasteiger partial charge in [-0.3, -0.25) is 9.48 Å². The van der Waals surface area contributed by atoms with Gasteiger partial charge in [-0.25, -0.2) is 0 Å². The van der Waals surface area contributed by atoms with Gasteiger partial charge in [0.25, 0.3) is 0 Å². The molecule has 0 bridgehead atoms. The Morgan fingerprint density at radius 2 is 2.17 bits per heavy atom. The molecule has 0 aliphatic heterocycles. The second-order valence-electron chi connectivity index (χ2n) is 5.66. The average Bonchev–Trinajstić information content (AvgIpc) is 2.59. The lowest BCUT2D eigenvalue weighted by atomic mass is 9.84. The molecule has 0 radical (unpaired) electrons. The van der Waals surface area contributed by atoms with E-state index in [2.05, 4.69) is 28.0 Å². The first-order valence-electron chi connectivity index (χ1n) is 6.27. The Bertz CT molecular complexity index is 420. The summed E-state index contributed by atoms with van der Waals surface area (Å²) < 4.78 is 2.50. The van der Waals surface area contributed by atoms with Gasteiger partial charge in [0.15, 0.2) is 5.78 Å². The zero-order chi connectivity index (χ0) is 13.9. The number of aryl methyl sites for hydroxylation is 1. The maximum absolute atomic E-state index is 12.3. The third-order valence-corrected chi connectivity index (χ3v) is 3.59. The summed E-state index contributed by atoms with van der Waals surface area (Å²) in [6.07, 6.45) is 2.96. The fourth-order valence-electron chi connectivity index (χ4n) is 1.62. The van der Waals surface area contributed by atoms with Crippen LogP contribution in [0.15, 0.2) is 10.7 Å². The summed E-state index contributed by atoms with van der Waals surface area (Å²) in [4.78, 5) is 12.3. The number of carbonyl (C=O) groups excluding carboxylic acids is 1. The molecule has 1 atom stereocenters. The molecule has 0 aliphatic carbocycles. The molecule has 1 aromatic heterocycles. The van der Waals surface area contributed by atoms with E-state index in [0.29, 0.717) is 12.1 Å². The van der Waals surface area contributed by atoms with Crippen LogP contribution in [0.2, 0.25) is 0 Å². The highest BCUT2D eigenvalue weighted by Crippen LogP contribution is 2.24. The summed E-state index contributed by atoms with van der Waals surface area (Å²) in [6.45, 7) is 8.94. The molecule has 0 saturated carbocycles. The van der Waals surface area contributed by atoms with E-state index >= 15 is 0 Å². The molecular formula is C13H22BrN3O. The van der Waals surface area contributed by atoms with Crippen LogP contribution in [-0.2, 0) is 6.54 Å². The summed E-state index contributed by atoms with van der Waals surface area (Å²) in [5.74, 6) is 0.0512. The molecule has 0 spiro atoms. The van der Waals surface area contributed by atoms with Crippen LogP contribution in [0.4, 0.5) is 0 Å². The predicted molar refractivity (Wildman–Crippen MR) is 76.6 cm³/mol. The van der Waals surface area contributed by atoms with Gasteiger partial charge < -0.3 is 5.73 Å². The van der Waals surface area contributed by atoms with Crippen LogP contribution in [0.3, 0.4) is 0 Å². The fourth-order valence-corrected chi connectivity index (χ4v) is 2.14. The summed E-state index contributed by atoms with van der Waals surface area (Å²) in [5.41, 5.74) is 6.63. The van der Waals surface area contributed by atoms with Gasteiger partial charge in [-0.2, -0.15) is 5.10 Å². The Morgan fingerprint density at radius 3 is 2.67 bits per heavy atom. The minimum atomic E-state index is -0.151. The van der Waals surface area contributed by atoms with Crippen molar-refractivity contribution in [3.8, 4) is 0 Å². The zero-order valence-electron chi connectivity index (χ0n) is 11.5. The number of aromatic nitrogens is 2. The fraction of sp³-hybridized carbons (Fsp3) is 0.692. The number of hydrogen-bond acceptors (Lipinski definition) is 3. The van der Waals surface area contributed by atoms with Crippen molar-refractivity contribution in [1.82, 2.24) is 9.78 Å². The number of nitrogens with two attached hydrogens (primary N) is 1. The number of Topliss-reactive ketones (excluding diaryl/α,β-unsaturated/α-hetero) is 1. The Balaban J connectivity index is 2.87. The number of hydrogen-bond donors (Lipinski definition) is 1. The van der Waals surface area contributed by atoms with Gasteiger partial charge >= 0.3 is 0 Å². The van der Waals surface area contributed by atoms with Crippen LogP contribution in [0.5, 0.6) is 0 Å². The van der Waals surface area contributed by atoms with Gasteiger partial charge in [0.2, 0.25) is 0 Å². The van der Waals surface area contributed by atoms with Crippen molar-refractivity contribution in [1.29, 1.82) is 0 Å². The third kappa shape index (κ3) is 3.65. The average molecular weight is 316 g/mol. The number of carbonyl (C=O) groups is 1. The quantitative estimate of drug-likeness (QED) is 0.850. The zero-order valence-corrected chi connectivity index (χ0v) is 13.1. The van der Waals surface area contributed by atoms with Crippen molar-refractivity contribution in [2.75, 3.05) is 0 Å². The minimum Gasteiger partial charge on any atom is -0.327 e. The van der Waals surface area contributed by atoms with Crippen LogP contribution in [0.25, 0.3) is 0 Å². The molecule has 4 nitrogen and oxygen atoms in total. The van der Waals surface area contributed by atoms with E-state index in [0.717, 1.165) is 17.4 Å². The van der Waals surface area contributed by atoms with Gasteiger partial charge in [0, 0.05) is 19.0 Å². The van der Waals surface area contributed by atoms with E-state index in [1.807, 2.05) is 20.8 Å². The van der Waals surface area contributed by atoms with Crippen molar-refractivity contribution in [3.05, 3.63) is 16.4 Å². The number of ketones is 1. The van der Waals surface area contributed by atoms with E-state index in [9.17, 15) is 4.79 Å². The van der Waals surface area contributed by atoms with E-state index in [-0.39, 0.29) is 17.2 Å². The van der Waals surface area contributed by atoms with Gasteiger partial charge in [0.1, 0.15) is 5.69 Å². The normalized spacial score (nSPS) is 13.7. The second kappa shape index (κ2) is 5.97. The summed E-state index contributed by atoms with van der Waals surface area (Å²) in [7, 11) is 0. The van der Waals surface area contributed by atoms with Crippen LogP contribution in [0.1, 0.15) is 51.0 Å². The van der Waals surface area contributed by atoms with E-state index in [1.54, 1.807) is 10.9 Å². The first kappa shape index (κ1) is 15.4. The monoisotopic (exact) mass is 315 g/mol. The molecule has 18 heavy (non-hydrogen) atoms. The van der Waals surface area contributed by atoms with Gasteiger partial charge in [0.05, 0.1) is 10.7 Å². The van der Waals surface area contributed by atoms with Crippen LogP contribution in [-0.4, -0.2) is 21.6 Å². The van der Waals surface area contributed by atoms with Crippen LogP contribution in [0, 0.1) is 5.41 Å². The molecule has 0 saturated heterocycles. The molecule has 1 heterocycles. The lowest BCUT2D eigenvalue weighted by Crippen LogP contribution is -2.37. The second-order valence-corrected chi connectivity index (χ2v) is 6.52. The molecule has 0 fully saturated rings. The van der Waals surface area contributed by atoms with Gasteiger partial charge in [-0.05, 0) is 27.8 Å².